The van der Waals surface area contributed by atoms with Crippen molar-refractivity contribution in [3.8, 4) is 11.5 Å². The maximum atomic E-state index is 11.7. The second-order valence-electron chi connectivity index (χ2n) is 5.42. The van der Waals surface area contributed by atoms with E-state index in [0.717, 1.165) is 0 Å². The third kappa shape index (κ3) is 5.08. The molecule has 2 heterocycles. The number of aromatic nitrogens is 3. The summed E-state index contributed by atoms with van der Waals surface area (Å²) in [6.07, 6.45) is 2.21. The van der Waals surface area contributed by atoms with E-state index in [9.17, 15) is 8.42 Å². The Bertz CT molecular complexity index is 715. The zero-order chi connectivity index (χ0) is 16.9. The summed E-state index contributed by atoms with van der Waals surface area (Å²) in [6.45, 7) is 1.08. The van der Waals surface area contributed by atoms with Crippen molar-refractivity contribution >= 4 is 10.0 Å². The van der Waals surface area contributed by atoms with Gasteiger partial charge in [-0.05, 0) is 32.1 Å². The molecule has 0 unspecified atom stereocenters. The molecule has 0 aromatic carbocycles. The van der Waals surface area contributed by atoms with Crippen LogP contribution < -0.4 is 0 Å². The lowest BCUT2D eigenvalue weighted by molar-refractivity contribution is 0.267. The van der Waals surface area contributed by atoms with Crippen molar-refractivity contribution in [2.24, 2.45) is 0 Å². The standard InChI is InChI=1S/C14H21N5O3S/c1-18(2)23(20,21)10-6-9-19(3)11-13-16-14(17-22-13)12-7-4-5-8-15-12/h4-5,7-8H,6,9-11H2,1-3H3. The molecule has 0 atom stereocenters. The highest BCUT2D eigenvalue weighted by Crippen LogP contribution is 2.12. The number of hydrogen-bond donors (Lipinski definition) is 0. The minimum absolute atomic E-state index is 0.118. The van der Waals surface area contributed by atoms with Crippen molar-refractivity contribution in [2.75, 3.05) is 33.4 Å². The van der Waals surface area contributed by atoms with E-state index in [1.54, 1.807) is 6.20 Å². The number of pyridine rings is 1. The highest BCUT2D eigenvalue weighted by molar-refractivity contribution is 7.89. The summed E-state index contributed by atoms with van der Waals surface area (Å²) >= 11 is 0. The van der Waals surface area contributed by atoms with Crippen LogP contribution in [0.1, 0.15) is 12.3 Å². The van der Waals surface area contributed by atoms with Gasteiger partial charge in [-0.25, -0.2) is 12.7 Å². The first kappa shape index (κ1) is 17.5. The van der Waals surface area contributed by atoms with Gasteiger partial charge in [-0.3, -0.25) is 9.88 Å². The highest BCUT2D eigenvalue weighted by Gasteiger charge is 2.15. The number of rotatable bonds is 8. The first-order chi connectivity index (χ1) is 10.9. The van der Waals surface area contributed by atoms with Gasteiger partial charge in [0.25, 0.3) is 0 Å². The summed E-state index contributed by atoms with van der Waals surface area (Å²) in [5.74, 6) is 1.04. The molecule has 0 N–H and O–H groups in total. The SMILES string of the molecule is CN(CCCS(=O)(=O)N(C)C)Cc1nc(-c2ccccn2)no1. The van der Waals surface area contributed by atoms with Gasteiger partial charge in [-0.1, -0.05) is 11.2 Å². The second kappa shape index (κ2) is 7.62. The Balaban J connectivity index is 1.84. The summed E-state index contributed by atoms with van der Waals surface area (Å²) in [6, 6.07) is 5.49. The van der Waals surface area contributed by atoms with Gasteiger partial charge < -0.3 is 4.52 Å². The van der Waals surface area contributed by atoms with Crippen molar-refractivity contribution in [3.05, 3.63) is 30.3 Å². The van der Waals surface area contributed by atoms with Gasteiger partial charge in [0.05, 0.1) is 12.3 Å². The Hall–Kier alpha value is -1.84. The molecule has 0 saturated heterocycles. The molecule has 0 fully saturated rings. The molecule has 2 rings (SSSR count). The molecule has 9 heteroatoms. The van der Waals surface area contributed by atoms with Crippen molar-refractivity contribution in [2.45, 2.75) is 13.0 Å². The van der Waals surface area contributed by atoms with Gasteiger partial charge in [0, 0.05) is 20.3 Å². The first-order valence-electron chi connectivity index (χ1n) is 7.21. The third-order valence-corrected chi connectivity index (χ3v) is 5.18. The average Bonchev–Trinajstić information content (AvgIpc) is 2.96. The number of nitrogens with zero attached hydrogens (tertiary/aromatic N) is 5. The van der Waals surface area contributed by atoms with E-state index in [1.165, 1.54) is 18.4 Å². The molecule has 23 heavy (non-hydrogen) atoms. The minimum Gasteiger partial charge on any atom is -0.337 e. The Morgan fingerprint density at radius 1 is 1.22 bits per heavy atom. The normalized spacial score (nSPS) is 12.2. The Morgan fingerprint density at radius 2 is 2.00 bits per heavy atom. The molecule has 0 radical (unpaired) electrons. The van der Waals surface area contributed by atoms with Crippen LogP contribution in [0.4, 0.5) is 0 Å². The maximum absolute atomic E-state index is 11.7. The third-order valence-electron chi connectivity index (χ3n) is 3.27. The van der Waals surface area contributed by atoms with Crippen LogP contribution in [0.2, 0.25) is 0 Å². The average molecular weight is 339 g/mol. The molecule has 0 bridgehead atoms. The van der Waals surface area contributed by atoms with E-state index in [2.05, 4.69) is 15.1 Å². The molecule has 0 spiro atoms. The topological polar surface area (TPSA) is 92.4 Å². The molecule has 0 aliphatic rings. The lowest BCUT2D eigenvalue weighted by atomic mass is 10.3. The van der Waals surface area contributed by atoms with Crippen LogP contribution >= 0.6 is 0 Å². The van der Waals surface area contributed by atoms with Crippen LogP contribution in [0.5, 0.6) is 0 Å². The maximum Gasteiger partial charge on any atom is 0.241 e. The fraction of sp³-hybridized carbons (Fsp3) is 0.500. The van der Waals surface area contributed by atoms with Crippen molar-refractivity contribution in [1.29, 1.82) is 0 Å². The lowest BCUT2D eigenvalue weighted by Gasteiger charge is -2.15. The van der Waals surface area contributed by atoms with Gasteiger partial charge in [0.15, 0.2) is 0 Å². The van der Waals surface area contributed by atoms with E-state index < -0.39 is 10.0 Å². The Morgan fingerprint density at radius 3 is 2.65 bits per heavy atom. The van der Waals surface area contributed by atoms with Crippen LogP contribution in [0, 0.1) is 0 Å². The largest absolute Gasteiger partial charge is 0.337 e. The lowest BCUT2D eigenvalue weighted by Crippen LogP contribution is -2.28. The van der Waals surface area contributed by atoms with Crippen LogP contribution in [0.3, 0.4) is 0 Å². The van der Waals surface area contributed by atoms with Gasteiger partial charge in [0.2, 0.25) is 21.7 Å². The van der Waals surface area contributed by atoms with Gasteiger partial charge in [-0.15, -0.1) is 0 Å². The fourth-order valence-electron chi connectivity index (χ4n) is 1.93. The predicted octanol–water partition coefficient (Wildman–Crippen LogP) is 0.845. The molecule has 0 amide bonds. The molecule has 126 valence electrons. The summed E-state index contributed by atoms with van der Waals surface area (Å²) < 4.78 is 29.8. The Kier molecular flexibility index (Phi) is 5.80. The zero-order valence-corrected chi connectivity index (χ0v) is 14.3. The predicted molar refractivity (Wildman–Crippen MR) is 86.0 cm³/mol. The smallest absolute Gasteiger partial charge is 0.241 e. The van der Waals surface area contributed by atoms with E-state index in [4.69, 9.17) is 4.52 Å². The van der Waals surface area contributed by atoms with Crippen LogP contribution in [-0.4, -0.2) is 66.2 Å². The van der Waals surface area contributed by atoms with Gasteiger partial charge >= 0.3 is 0 Å². The van der Waals surface area contributed by atoms with E-state index in [1.807, 2.05) is 30.1 Å². The van der Waals surface area contributed by atoms with Crippen LogP contribution in [0.25, 0.3) is 11.5 Å². The monoisotopic (exact) mass is 339 g/mol. The number of hydrogen-bond acceptors (Lipinski definition) is 7. The first-order valence-corrected chi connectivity index (χ1v) is 8.82. The summed E-state index contributed by atoms with van der Waals surface area (Å²) in [5.41, 5.74) is 0.655. The molecular weight excluding hydrogens is 318 g/mol. The highest BCUT2D eigenvalue weighted by atomic mass is 32.2. The van der Waals surface area contributed by atoms with Crippen molar-refractivity contribution < 1.29 is 12.9 Å². The zero-order valence-electron chi connectivity index (χ0n) is 13.5. The molecular formula is C14H21N5O3S. The summed E-state index contributed by atoms with van der Waals surface area (Å²) in [5, 5.41) is 3.90. The van der Waals surface area contributed by atoms with E-state index in [-0.39, 0.29) is 5.75 Å². The van der Waals surface area contributed by atoms with E-state index >= 15 is 0 Å². The molecule has 8 nitrogen and oxygen atoms in total. The van der Waals surface area contributed by atoms with E-state index in [0.29, 0.717) is 36.9 Å². The van der Waals surface area contributed by atoms with Gasteiger partial charge in [-0.2, -0.15) is 4.98 Å². The molecule has 2 aromatic rings. The second-order valence-corrected chi connectivity index (χ2v) is 7.72. The molecule has 2 aromatic heterocycles. The van der Waals surface area contributed by atoms with Crippen molar-refractivity contribution in [1.82, 2.24) is 24.3 Å². The fourth-order valence-corrected chi connectivity index (χ4v) is 2.79. The Labute approximate surface area is 136 Å². The minimum atomic E-state index is -3.15. The summed E-state index contributed by atoms with van der Waals surface area (Å²) in [7, 11) is 1.81. The molecule has 0 aliphatic heterocycles. The number of sulfonamides is 1. The van der Waals surface area contributed by atoms with Crippen LogP contribution in [-0.2, 0) is 16.6 Å². The molecule has 0 saturated carbocycles. The quantitative estimate of drug-likeness (QED) is 0.704. The van der Waals surface area contributed by atoms with Crippen LogP contribution in [0.15, 0.2) is 28.9 Å². The van der Waals surface area contributed by atoms with Crippen molar-refractivity contribution in [3.63, 3.8) is 0 Å². The summed E-state index contributed by atoms with van der Waals surface area (Å²) in [4.78, 5) is 10.4. The van der Waals surface area contributed by atoms with Gasteiger partial charge in [0.1, 0.15) is 5.69 Å². The molecule has 0 aliphatic carbocycles.